The summed E-state index contributed by atoms with van der Waals surface area (Å²) in [5.74, 6) is 1.16. The van der Waals surface area contributed by atoms with Crippen LogP contribution in [-0.2, 0) is 24.2 Å². The number of rotatable bonds is 7. The van der Waals surface area contributed by atoms with E-state index in [2.05, 4.69) is 44.5 Å². The molecule has 34 heavy (non-hydrogen) atoms. The van der Waals surface area contributed by atoms with Crippen molar-refractivity contribution >= 4 is 11.6 Å². The number of benzene rings is 2. The fourth-order valence-corrected chi connectivity index (χ4v) is 4.78. The molecule has 0 spiro atoms. The van der Waals surface area contributed by atoms with Gasteiger partial charge in [-0.15, -0.1) is 0 Å². The van der Waals surface area contributed by atoms with E-state index in [1.165, 1.54) is 11.6 Å². The maximum atomic E-state index is 14.5. The minimum Gasteiger partial charge on any atom is -0.493 e. The van der Waals surface area contributed by atoms with Crippen LogP contribution in [0, 0.1) is 5.82 Å². The van der Waals surface area contributed by atoms with Gasteiger partial charge in [0.1, 0.15) is 17.2 Å². The number of ether oxygens (including phenoxy) is 2. The Balaban J connectivity index is 1.21. The van der Waals surface area contributed by atoms with Crippen molar-refractivity contribution in [3.63, 3.8) is 0 Å². The number of halogens is 1. The Bertz CT molecular complexity index is 1330. The summed E-state index contributed by atoms with van der Waals surface area (Å²) < 4.78 is 27.4. The molecule has 1 fully saturated rings. The van der Waals surface area contributed by atoms with Gasteiger partial charge in [-0.05, 0) is 23.3 Å². The number of imidazole rings is 1. The van der Waals surface area contributed by atoms with Crippen LogP contribution in [0.1, 0.15) is 16.7 Å². The third kappa shape index (κ3) is 3.78. The van der Waals surface area contributed by atoms with Crippen molar-refractivity contribution in [3.05, 3.63) is 77.5 Å². The number of anilines is 1. The van der Waals surface area contributed by atoms with E-state index in [1.807, 2.05) is 16.8 Å². The van der Waals surface area contributed by atoms with Gasteiger partial charge in [-0.2, -0.15) is 0 Å². The number of aromatic nitrogens is 3. The highest BCUT2D eigenvalue weighted by molar-refractivity contribution is 5.78. The fraction of sp³-hybridized carbons (Fsp3) is 0.308. The second-order valence-electron chi connectivity index (χ2n) is 8.82. The predicted molar refractivity (Wildman–Crippen MR) is 127 cm³/mol. The van der Waals surface area contributed by atoms with Crippen molar-refractivity contribution in [2.24, 2.45) is 0 Å². The minimum atomic E-state index is -0.230. The lowest BCUT2D eigenvalue weighted by atomic mass is 10.0. The highest BCUT2D eigenvalue weighted by Crippen LogP contribution is 2.31. The Morgan fingerprint density at radius 3 is 2.82 bits per heavy atom. The van der Waals surface area contributed by atoms with E-state index in [-0.39, 0.29) is 5.82 Å². The summed E-state index contributed by atoms with van der Waals surface area (Å²) >= 11 is 0. The molecule has 8 heteroatoms. The topological polar surface area (TPSA) is 63.9 Å². The lowest BCUT2D eigenvalue weighted by molar-refractivity contribution is -0.0333. The third-order valence-electron chi connectivity index (χ3n) is 6.72. The number of nitrogens with zero attached hydrogens (tertiary/aromatic N) is 4. The summed E-state index contributed by atoms with van der Waals surface area (Å²) in [7, 11) is 1.77. The molecule has 2 aromatic carbocycles. The zero-order valence-corrected chi connectivity index (χ0v) is 19.0. The highest BCUT2D eigenvalue weighted by Gasteiger charge is 2.26. The molecule has 4 aromatic rings. The summed E-state index contributed by atoms with van der Waals surface area (Å²) in [6.45, 7) is 3.80. The molecule has 0 saturated carbocycles. The molecule has 4 heterocycles. The quantitative estimate of drug-likeness (QED) is 0.452. The Hall–Kier alpha value is -3.49. The number of methoxy groups -OCH3 is 1. The molecule has 2 aliphatic heterocycles. The first kappa shape index (κ1) is 21.1. The zero-order chi connectivity index (χ0) is 23.1. The van der Waals surface area contributed by atoms with E-state index in [0.717, 1.165) is 54.1 Å². The van der Waals surface area contributed by atoms with Gasteiger partial charge in [-0.1, -0.05) is 24.3 Å². The number of fused-ring (bicyclic) bond motifs is 2. The van der Waals surface area contributed by atoms with Crippen LogP contribution in [0.5, 0.6) is 5.75 Å². The molecule has 2 aromatic heterocycles. The average Bonchev–Trinajstić information content (AvgIpc) is 3.51. The van der Waals surface area contributed by atoms with Gasteiger partial charge in [0, 0.05) is 75.0 Å². The summed E-state index contributed by atoms with van der Waals surface area (Å²) in [4.78, 5) is 11.6. The molecule has 0 aliphatic carbocycles. The third-order valence-corrected chi connectivity index (χ3v) is 6.72. The normalized spacial score (nSPS) is 15.8. The zero-order valence-electron chi connectivity index (χ0n) is 19.0. The molecule has 1 saturated heterocycles. The second kappa shape index (κ2) is 8.70. The van der Waals surface area contributed by atoms with Gasteiger partial charge >= 0.3 is 0 Å². The van der Waals surface area contributed by atoms with Crippen molar-refractivity contribution in [2.45, 2.75) is 25.6 Å². The standard InChI is InChI=1S/C26H26FN5O2/c1-33-19-15-31(16-19)14-17-2-4-18(5-3-17)21-12-29-26(32-10-9-28-25(21)32)30-13-22-20-8-11-34-24(20)7-6-23(22)27/h2-7,9-10,12,19H,8,11,13-16H2,1H3,(H,29,30). The molecule has 7 nitrogen and oxygen atoms in total. The molecule has 1 N–H and O–H groups in total. The van der Waals surface area contributed by atoms with Gasteiger partial charge in [0.05, 0.1) is 12.7 Å². The van der Waals surface area contributed by atoms with E-state index >= 15 is 0 Å². The Morgan fingerprint density at radius 1 is 1.15 bits per heavy atom. The predicted octanol–water partition coefficient (Wildman–Crippen LogP) is 3.91. The second-order valence-corrected chi connectivity index (χ2v) is 8.82. The van der Waals surface area contributed by atoms with Crippen LogP contribution in [0.4, 0.5) is 10.3 Å². The summed E-state index contributed by atoms with van der Waals surface area (Å²) in [6.07, 6.45) is 6.53. The largest absolute Gasteiger partial charge is 0.493 e. The van der Waals surface area contributed by atoms with Crippen LogP contribution < -0.4 is 10.1 Å². The van der Waals surface area contributed by atoms with Crippen LogP contribution in [-0.4, -0.2) is 52.2 Å². The first-order valence-electron chi connectivity index (χ1n) is 11.5. The van der Waals surface area contributed by atoms with Crippen molar-refractivity contribution in [1.82, 2.24) is 19.3 Å². The number of nitrogens with one attached hydrogen (secondary N) is 1. The SMILES string of the molecule is COC1CN(Cc2ccc(-c3cnc(NCc4c(F)ccc5c4CCO5)n4ccnc34)cc2)C1. The van der Waals surface area contributed by atoms with Gasteiger partial charge in [0.25, 0.3) is 0 Å². The number of likely N-dealkylation sites (tertiary alicyclic amines) is 1. The first-order chi connectivity index (χ1) is 16.7. The van der Waals surface area contributed by atoms with Gasteiger partial charge in [0.15, 0.2) is 0 Å². The van der Waals surface area contributed by atoms with Gasteiger partial charge < -0.3 is 14.8 Å². The van der Waals surface area contributed by atoms with E-state index < -0.39 is 0 Å². The van der Waals surface area contributed by atoms with E-state index in [4.69, 9.17) is 9.47 Å². The van der Waals surface area contributed by atoms with Crippen LogP contribution >= 0.6 is 0 Å². The van der Waals surface area contributed by atoms with Crippen LogP contribution in [0.25, 0.3) is 16.8 Å². The fourth-order valence-electron chi connectivity index (χ4n) is 4.78. The van der Waals surface area contributed by atoms with Crippen molar-refractivity contribution in [3.8, 4) is 16.9 Å². The summed E-state index contributed by atoms with van der Waals surface area (Å²) in [6, 6.07) is 11.7. The summed E-state index contributed by atoms with van der Waals surface area (Å²) in [5.41, 5.74) is 5.64. The molecule has 0 unspecified atom stereocenters. The minimum absolute atomic E-state index is 0.230. The van der Waals surface area contributed by atoms with Gasteiger partial charge in [-0.3, -0.25) is 9.30 Å². The molecule has 0 radical (unpaired) electrons. The molecular formula is C26H26FN5O2. The molecule has 0 amide bonds. The van der Waals surface area contributed by atoms with Gasteiger partial charge in [-0.25, -0.2) is 14.4 Å². The van der Waals surface area contributed by atoms with Crippen molar-refractivity contribution < 1.29 is 13.9 Å². The molecular weight excluding hydrogens is 433 g/mol. The molecule has 6 rings (SSSR count). The van der Waals surface area contributed by atoms with Crippen molar-refractivity contribution in [2.75, 3.05) is 32.1 Å². The van der Waals surface area contributed by atoms with Crippen LogP contribution in [0.15, 0.2) is 55.0 Å². The molecule has 0 bridgehead atoms. The Kier molecular flexibility index (Phi) is 5.39. The lowest BCUT2D eigenvalue weighted by Crippen LogP contribution is -2.50. The Labute approximate surface area is 197 Å². The van der Waals surface area contributed by atoms with E-state index in [1.54, 1.807) is 19.4 Å². The molecule has 174 valence electrons. The molecule has 0 atom stereocenters. The van der Waals surface area contributed by atoms with Crippen LogP contribution in [0.3, 0.4) is 0 Å². The maximum absolute atomic E-state index is 14.5. The van der Waals surface area contributed by atoms with Gasteiger partial charge in [0.2, 0.25) is 5.95 Å². The number of hydrogen-bond acceptors (Lipinski definition) is 6. The highest BCUT2D eigenvalue weighted by atomic mass is 19.1. The lowest BCUT2D eigenvalue weighted by Gasteiger charge is -2.38. The smallest absolute Gasteiger partial charge is 0.208 e. The average molecular weight is 460 g/mol. The van der Waals surface area contributed by atoms with E-state index in [0.29, 0.717) is 30.8 Å². The Morgan fingerprint density at radius 2 is 2.00 bits per heavy atom. The maximum Gasteiger partial charge on any atom is 0.208 e. The van der Waals surface area contributed by atoms with Crippen molar-refractivity contribution in [1.29, 1.82) is 0 Å². The van der Waals surface area contributed by atoms with Crippen LogP contribution in [0.2, 0.25) is 0 Å². The molecule has 2 aliphatic rings. The van der Waals surface area contributed by atoms with E-state index in [9.17, 15) is 4.39 Å². The first-order valence-corrected chi connectivity index (χ1v) is 11.5. The summed E-state index contributed by atoms with van der Waals surface area (Å²) in [5, 5.41) is 3.29. The monoisotopic (exact) mass is 459 g/mol. The number of hydrogen-bond donors (Lipinski definition) is 1.